The largest absolute Gasteiger partial charge is 0.481 e. The second-order valence-corrected chi connectivity index (χ2v) is 4.63. The fourth-order valence-corrected chi connectivity index (χ4v) is 2.03. The molecule has 1 aromatic heterocycles. The third kappa shape index (κ3) is 4.03. The smallest absolute Gasteiger partial charge is 0.229 e. The number of benzene rings is 1. The Morgan fingerprint density at radius 2 is 2.05 bits per heavy atom. The molecular formula is C16H19N3O2. The molecule has 1 atom stereocenters. The van der Waals surface area contributed by atoms with Crippen LogP contribution >= 0.6 is 0 Å². The van der Waals surface area contributed by atoms with E-state index in [9.17, 15) is 4.79 Å². The predicted octanol–water partition coefficient (Wildman–Crippen LogP) is 1.45. The van der Waals surface area contributed by atoms with Gasteiger partial charge in [-0.3, -0.25) is 4.79 Å². The van der Waals surface area contributed by atoms with Gasteiger partial charge < -0.3 is 15.8 Å². The summed E-state index contributed by atoms with van der Waals surface area (Å²) >= 11 is 0. The molecule has 0 bridgehead atoms. The Morgan fingerprint density at radius 1 is 1.29 bits per heavy atom. The van der Waals surface area contributed by atoms with Crippen LogP contribution < -0.4 is 15.8 Å². The Balaban J connectivity index is 1.96. The van der Waals surface area contributed by atoms with Crippen molar-refractivity contribution >= 4 is 5.91 Å². The minimum Gasteiger partial charge on any atom is -0.481 e. The molecule has 21 heavy (non-hydrogen) atoms. The molecule has 2 rings (SSSR count). The lowest BCUT2D eigenvalue weighted by molar-refractivity contribution is -0.122. The van der Waals surface area contributed by atoms with Gasteiger partial charge in [0.25, 0.3) is 0 Å². The number of nitrogens with one attached hydrogen (secondary N) is 1. The van der Waals surface area contributed by atoms with Crippen molar-refractivity contribution in [3.05, 3.63) is 59.8 Å². The quantitative estimate of drug-likeness (QED) is 0.842. The molecule has 3 N–H and O–H groups in total. The normalized spacial score (nSPS) is 11.7. The van der Waals surface area contributed by atoms with Gasteiger partial charge in [0.2, 0.25) is 11.8 Å². The zero-order valence-electron chi connectivity index (χ0n) is 12.0. The van der Waals surface area contributed by atoms with Crippen LogP contribution in [-0.2, 0) is 11.3 Å². The van der Waals surface area contributed by atoms with Gasteiger partial charge in [0.1, 0.15) is 0 Å². The first-order valence-electron chi connectivity index (χ1n) is 6.76. The zero-order chi connectivity index (χ0) is 15.1. The molecule has 1 amide bonds. The summed E-state index contributed by atoms with van der Waals surface area (Å²) in [6.45, 7) is 0.690. The Labute approximate surface area is 124 Å². The molecule has 1 aromatic carbocycles. The van der Waals surface area contributed by atoms with Crippen LogP contribution in [0, 0.1) is 0 Å². The Bertz CT molecular complexity index is 570. The minimum absolute atomic E-state index is 0.0838. The Morgan fingerprint density at radius 3 is 2.62 bits per heavy atom. The first-order valence-corrected chi connectivity index (χ1v) is 6.76. The van der Waals surface area contributed by atoms with E-state index in [4.69, 9.17) is 10.5 Å². The van der Waals surface area contributed by atoms with Gasteiger partial charge in [0.05, 0.1) is 13.0 Å². The molecule has 0 saturated carbocycles. The number of ether oxygens (including phenoxy) is 1. The van der Waals surface area contributed by atoms with Crippen molar-refractivity contribution in [1.82, 2.24) is 10.3 Å². The van der Waals surface area contributed by atoms with Gasteiger partial charge >= 0.3 is 0 Å². The Hall–Kier alpha value is -2.40. The summed E-state index contributed by atoms with van der Waals surface area (Å²) in [5.74, 6) is 0.131. The number of methoxy groups -OCH3 is 1. The molecule has 0 radical (unpaired) electrons. The molecule has 1 heterocycles. The van der Waals surface area contributed by atoms with Gasteiger partial charge in [0.15, 0.2) is 0 Å². The van der Waals surface area contributed by atoms with E-state index in [0.29, 0.717) is 12.4 Å². The van der Waals surface area contributed by atoms with Crippen molar-refractivity contribution in [2.24, 2.45) is 5.73 Å². The molecule has 0 aliphatic rings. The first-order chi connectivity index (χ1) is 10.2. The lowest BCUT2D eigenvalue weighted by Gasteiger charge is -2.15. The maximum atomic E-state index is 12.2. The number of carbonyl (C=O) groups is 1. The molecule has 5 nitrogen and oxygen atoms in total. The number of nitrogens with two attached hydrogens (primary N) is 1. The predicted molar refractivity (Wildman–Crippen MR) is 80.9 cm³/mol. The van der Waals surface area contributed by atoms with E-state index < -0.39 is 0 Å². The van der Waals surface area contributed by atoms with Crippen LogP contribution in [0.1, 0.15) is 17.0 Å². The second-order valence-electron chi connectivity index (χ2n) is 4.63. The minimum atomic E-state index is -0.336. The average Bonchev–Trinajstić information content (AvgIpc) is 2.55. The van der Waals surface area contributed by atoms with Crippen molar-refractivity contribution < 1.29 is 9.53 Å². The lowest BCUT2D eigenvalue weighted by atomic mass is 9.98. The van der Waals surface area contributed by atoms with E-state index >= 15 is 0 Å². The van der Waals surface area contributed by atoms with Crippen LogP contribution in [0.5, 0.6) is 5.88 Å². The SMILES string of the molecule is COc1ccc(CNC(=O)C(CN)c2ccccc2)cn1. The monoisotopic (exact) mass is 285 g/mol. The summed E-state index contributed by atoms with van der Waals surface area (Å²) in [7, 11) is 1.56. The van der Waals surface area contributed by atoms with E-state index in [-0.39, 0.29) is 18.4 Å². The fraction of sp³-hybridized carbons (Fsp3) is 0.250. The number of aromatic nitrogens is 1. The molecule has 0 aliphatic carbocycles. The number of carbonyl (C=O) groups excluding carboxylic acids is 1. The Kier molecular flexibility index (Phi) is 5.29. The summed E-state index contributed by atoms with van der Waals surface area (Å²) in [4.78, 5) is 16.3. The molecule has 2 aromatic rings. The van der Waals surface area contributed by atoms with Gasteiger partial charge in [-0.25, -0.2) is 4.98 Å². The molecule has 0 saturated heterocycles. The highest BCUT2D eigenvalue weighted by atomic mass is 16.5. The number of hydrogen-bond donors (Lipinski definition) is 2. The third-order valence-corrected chi connectivity index (χ3v) is 3.23. The van der Waals surface area contributed by atoms with E-state index in [2.05, 4.69) is 10.3 Å². The molecule has 110 valence electrons. The number of hydrogen-bond acceptors (Lipinski definition) is 4. The highest BCUT2D eigenvalue weighted by Crippen LogP contribution is 2.14. The molecule has 0 aliphatic heterocycles. The molecule has 0 spiro atoms. The van der Waals surface area contributed by atoms with Gasteiger partial charge in [-0.05, 0) is 11.1 Å². The highest BCUT2D eigenvalue weighted by molar-refractivity contribution is 5.83. The van der Waals surface area contributed by atoms with Crippen LogP contribution in [0.3, 0.4) is 0 Å². The van der Waals surface area contributed by atoms with Crippen molar-refractivity contribution in [1.29, 1.82) is 0 Å². The molecule has 0 fully saturated rings. The summed E-state index contributed by atoms with van der Waals surface area (Å²) < 4.78 is 4.99. The van der Waals surface area contributed by atoms with Crippen LogP contribution in [0.4, 0.5) is 0 Å². The summed E-state index contributed by atoms with van der Waals surface area (Å²) in [6.07, 6.45) is 1.68. The van der Waals surface area contributed by atoms with Crippen molar-refractivity contribution in [3.63, 3.8) is 0 Å². The van der Waals surface area contributed by atoms with Crippen LogP contribution in [0.25, 0.3) is 0 Å². The zero-order valence-corrected chi connectivity index (χ0v) is 12.0. The van der Waals surface area contributed by atoms with Gasteiger partial charge in [-0.2, -0.15) is 0 Å². The van der Waals surface area contributed by atoms with E-state index in [1.54, 1.807) is 19.4 Å². The average molecular weight is 285 g/mol. The topological polar surface area (TPSA) is 77.2 Å². The van der Waals surface area contributed by atoms with Gasteiger partial charge in [-0.1, -0.05) is 36.4 Å². The molecule has 1 unspecified atom stereocenters. The van der Waals surface area contributed by atoms with Crippen molar-refractivity contribution in [2.45, 2.75) is 12.5 Å². The van der Waals surface area contributed by atoms with Crippen LogP contribution in [0.2, 0.25) is 0 Å². The maximum Gasteiger partial charge on any atom is 0.229 e. The van der Waals surface area contributed by atoms with Crippen molar-refractivity contribution in [3.8, 4) is 5.88 Å². The maximum absolute atomic E-state index is 12.2. The van der Waals surface area contributed by atoms with Crippen LogP contribution in [-0.4, -0.2) is 24.5 Å². The van der Waals surface area contributed by atoms with Crippen LogP contribution in [0.15, 0.2) is 48.7 Å². The number of pyridine rings is 1. The standard InChI is InChI=1S/C16H19N3O2/c1-21-15-8-7-12(10-18-15)11-19-16(20)14(9-17)13-5-3-2-4-6-13/h2-8,10,14H,9,11,17H2,1H3,(H,19,20). The lowest BCUT2D eigenvalue weighted by Crippen LogP contribution is -2.33. The second kappa shape index (κ2) is 7.40. The number of amides is 1. The fourth-order valence-electron chi connectivity index (χ4n) is 2.03. The van der Waals surface area contributed by atoms with E-state index in [1.165, 1.54) is 0 Å². The first kappa shape index (κ1) is 15.0. The van der Waals surface area contributed by atoms with E-state index in [0.717, 1.165) is 11.1 Å². The molecule has 5 heteroatoms. The van der Waals surface area contributed by atoms with Gasteiger partial charge in [0, 0.05) is 25.4 Å². The summed E-state index contributed by atoms with van der Waals surface area (Å²) in [5.41, 5.74) is 7.55. The number of rotatable bonds is 6. The summed E-state index contributed by atoms with van der Waals surface area (Å²) in [6, 6.07) is 13.2. The molecular weight excluding hydrogens is 266 g/mol. The third-order valence-electron chi connectivity index (χ3n) is 3.23. The number of nitrogens with zero attached hydrogens (tertiary/aromatic N) is 1. The summed E-state index contributed by atoms with van der Waals surface area (Å²) in [5, 5.41) is 2.89. The van der Waals surface area contributed by atoms with Crippen molar-refractivity contribution in [2.75, 3.05) is 13.7 Å². The van der Waals surface area contributed by atoms with E-state index in [1.807, 2.05) is 36.4 Å². The van der Waals surface area contributed by atoms with Gasteiger partial charge in [-0.15, -0.1) is 0 Å². The highest BCUT2D eigenvalue weighted by Gasteiger charge is 2.18.